The summed E-state index contributed by atoms with van der Waals surface area (Å²) in [4.78, 5) is 16.6. The van der Waals surface area contributed by atoms with Crippen molar-refractivity contribution >= 4 is 17.4 Å². The summed E-state index contributed by atoms with van der Waals surface area (Å²) in [5.74, 6) is 0.844. The molecule has 1 fully saturated rings. The van der Waals surface area contributed by atoms with Gasteiger partial charge in [-0.1, -0.05) is 18.2 Å². The Kier molecular flexibility index (Phi) is 4.85. The lowest BCUT2D eigenvalue weighted by Crippen LogP contribution is -2.25. The van der Waals surface area contributed by atoms with E-state index < -0.39 is 0 Å². The molecule has 1 amide bonds. The Morgan fingerprint density at radius 1 is 1.26 bits per heavy atom. The standard InChI is InChI=1S/C20H18FN3O2S/c1-12-2-5-14(19(25)22-16-8-9-16)11-17(12)26-20-23-18(24-27-20)10-13-3-6-15(21)7-4-13/h2-7,11,16H,8-10H2,1H3,(H,22,25). The summed E-state index contributed by atoms with van der Waals surface area (Å²) < 4.78 is 23.2. The van der Waals surface area contributed by atoms with E-state index in [-0.39, 0.29) is 11.7 Å². The summed E-state index contributed by atoms with van der Waals surface area (Å²) in [6.07, 6.45) is 2.59. The number of nitrogens with one attached hydrogen (secondary N) is 1. The fraction of sp³-hybridized carbons (Fsp3) is 0.250. The van der Waals surface area contributed by atoms with E-state index in [0.717, 1.165) is 35.5 Å². The fourth-order valence-corrected chi connectivity index (χ4v) is 3.14. The van der Waals surface area contributed by atoms with Gasteiger partial charge in [-0.05, 0) is 55.2 Å². The Balaban J connectivity index is 1.46. The normalized spacial score (nSPS) is 13.4. The number of hydrogen-bond donors (Lipinski definition) is 1. The third-order valence-corrected chi connectivity index (χ3v) is 4.92. The molecule has 1 aliphatic carbocycles. The topological polar surface area (TPSA) is 64.1 Å². The van der Waals surface area contributed by atoms with Crippen molar-refractivity contribution in [2.75, 3.05) is 0 Å². The number of aryl methyl sites for hydroxylation is 1. The molecule has 7 heteroatoms. The van der Waals surface area contributed by atoms with Crippen molar-refractivity contribution in [3.63, 3.8) is 0 Å². The van der Waals surface area contributed by atoms with Crippen LogP contribution in [0.1, 0.15) is 40.2 Å². The van der Waals surface area contributed by atoms with Crippen LogP contribution >= 0.6 is 11.5 Å². The summed E-state index contributed by atoms with van der Waals surface area (Å²) in [5.41, 5.74) is 2.41. The lowest BCUT2D eigenvalue weighted by Gasteiger charge is -2.08. The molecule has 1 saturated carbocycles. The molecule has 1 heterocycles. The van der Waals surface area contributed by atoms with Gasteiger partial charge in [0.2, 0.25) is 0 Å². The third-order valence-electron chi connectivity index (χ3n) is 4.29. The summed E-state index contributed by atoms with van der Waals surface area (Å²) in [6, 6.07) is 11.9. The molecule has 0 atom stereocenters. The Hall–Kier alpha value is -2.80. The highest BCUT2D eigenvalue weighted by Gasteiger charge is 2.24. The van der Waals surface area contributed by atoms with Crippen molar-refractivity contribution in [1.29, 1.82) is 0 Å². The minimum absolute atomic E-state index is 0.0865. The van der Waals surface area contributed by atoms with Crippen molar-refractivity contribution in [3.8, 4) is 10.9 Å². The largest absolute Gasteiger partial charge is 0.430 e. The summed E-state index contributed by atoms with van der Waals surface area (Å²) >= 11 is 1.15. The van der Waals surface area contributed by atoms with Crippen molar-refractivity contribution in [3.05, 3.63) is 70.8 Å². The lowest BCUT2D eigenvalue weighted by atomic mass is 10.1. The van der Waals surface area contributed by atoms with Gasteiger partial charge in [-0.25, -0.2) is 4.39 Å². The van der Waals surface area contributed by atoms with Gasteiger partial charge < -0.3 is 10.1 Å². The summed E-state index contributed by atoms with van der Waals surface area (Å²) in [5, 5.41) is 3.38. The Morgan fingerprint density at radius 2 is 2.04 bits per heavy atom. The number of hydrogen-bond acceptors (Lipinski definition) is 5. The highest BCUT2D eigenvalue weighted by atomic mass is 32.1. The molecule has 1 N–H and O–H groups in total. The zero-order valence-electron chi connectivity index (χ0n) is 14.7. The van der Waals surface area contributed by atoms with Gasteiger partial charge in [-0.2, -0.15) is 9.36 Å². The number of rotatable bonds is 6. The van der Waals surface area contributed by atoms with Gasteiger partial charge in [0.15, 0.2) is 5.82 Å². The second-order valence-electron chi connectivity index (χ2n) is 6.61. The molecule has 2 aromatic carbocycles. The van der Waals surface area contributed by atoms with E-state index in [2.05, 4.69) is 14.7 Å². The number of amides is 1. The second kappa shape index (κ2) is 7.44. The van der Waals surface area contributed by atoms with E-state index >= 15 is 0 Å². The van der Waals surface area contributed by atoms with E-state index in [1.54, 1.807) is 24.3 Å². The summed E-state index contributed by atoms with van der Waals surface area (Å²) in [7, 11) is 0. The number of carbonyl (C=O) groups is 1. The molecular weight excluding hydrogens is 365 g/mol. The minimum atomic E-state index is -0.268. The van der Waals surface area contributed by atoms with Crippen LogP contribution in [0.25, 0.3) is 0 Å². The molecule has 138 valence electrons. The van der Waals surface area contributed by atoms with Gasteiger partial charge in [0, 0.05) is 29.6 Å². The van der Waals surface area contributed by atoms with Crippen LogP contribution in [0, 0.1) is 12.7 Å². The number of nitrogens with zero attached hydrogens (tertiary/aromatic N) is 2. The first-order valence-electron chi connectivity index (χ1n) is 8.73. The molecule has 0 aliphatic heterocycles. The molecule has 3 aromatic rings. The van der Waals surface area contributed by atoms with Crippen LogP contribution in [-0.2, 0) is 6.42 Å². The third kappa shape index (κ3) is 4.49. The van der Waals surface area contributed by atoms with Crippen LogP contribution in [0.2, 0.25) is 0 Å². The second-order valence-corrected chi connectivity index (χ2v) is 7.32. The number of ether oxygens (including phenoxy) is 1. The molecule has 0 bridgehead atoms. The average Bonchev–Trinajstić information content (AvgIpc) is 3.36. The maximum atomic E-state index is 13.0. The molecule has 0 saturated heterocycles. The number of carbonyl (C=O) groups excluding carboxylic acids is 1. The molecule has 0 unspecified atom stereocenters. The fourth-order valence-electron chi connectivity index (χ4n) is 2.58. The van der Waals surface area contributed by atoms with Crippen LogP contribution in [0.4, 0.5) is 4.39 Å². The Labute approximate surface area is 160 Å². The van der Waals surface area contributed by atoms with Gasteiger partial charge in [0.25, 0.3) is 11.1 Å². The van der Waals surface area contributed by atoms with Crippen molar-refractivity contribution < 1.29 is 13.9 Å². The Bertz CT molecular complexity index is 968. The van der Waals surface area contributed by atoms with E-state index in [9.17, 15) is 9.18 Å². The van der Waals surface area contributed by atoms with E-state index in [1.165, 1.54) is 12.1 Å². The quantitative estimate of drug-likeness (QED) is 0.691. The molecule has 1 aliphatic rings. The van der Waals surface area contributed by atoms with Crippen molar-refractivity contribution in [1.82, 2.24) is 14.7 Å². The van der Waals surface area contributed by atoms with Crippen LogP contribution in [0.15, 0.2) is 42.5 Å². The van der Waals surface area contributed by atoms with Gasteiger partial charge in [-0.15, -0.1) is 0 Å². The van der Waals surface area contributed by atoms with E-state index in [4.69, 9.17) is 4.74 Å². The molecule has 5 nitrogen and oxygen atoms in total. The van der Waals surface area contributed by atoms with Gasteiger partial charge in [0.05, 0.1) is 0 Å². The van der Waals surface area contributed by atoms with Gasteiger partial charge in [0.1, 0.15) is 11.6 Å². The molecule has 27 heavy (non-hydrogen) atoms. The SMILES string of the molecule is Cc1ccc(C(=O)NC2CC2)cc1Oc1nc(Cc2ccc(F)cc2)ns1. The average molecular weight is 383 g/mol. The molecule has 1 aromatic heterocycles. The van der Waals surface area contributed by atoms with Crippen LogP contribution < -0.4 is 10.1 Å². The van der Waals surface area contributed by atoms with E-state index in [1.807, 2.05) is 13.0 Å². The predicted molar refractivity (Wildman–Crippen MR) is 101 cm³/mol. The number of halogens is 1. The first kappa shape index (κ1) is 17.6. The monoisotopic (exact) mass is 383 g/mol. The molecule has 0 spiro atoms. The van der Waals surface area contributed by atoms with Crippen LogP contribution in [-0.4, -0.2) is 21.3 Å². The highest BCUT2D eigenvalue weighted by Crippen LogP contribution is 2.28. The summed E-state index contributed by atoms with van der Waals surface area (Å²) in [6.45, 7) is 1.92. The van der Waals surface area contributed by atoms with Crippen molar-refractivity contribution in [2.24, 2.45) is 0 Å². The predicted octanol–water partition coefficient (Wildman–Crippen LogP) is 4.26. The zero-order valence-corrected chi connectivity index (χ0v) is 15.6. The number of benzene rings is 2. The van der Waals surface area contributed by atoms with Gasteiger partial charge in [-0.3, -0.25) is 4.79 Å². The van der Waals surface area contributed by atoms with E-state index in [0.29, 0.717) is 34.8 Å². The Morgan fingerprint density at radius 3 is 2.78 bits per heavy atom. The molecular formula is C20H18FN3O2S. The highest BCUT2D eigenvalue weighted by molar-refractivity contribution is 7.07. The minimum Gasteiger partial charge on any atom is -0.430 e. The first-order valence-corrected chi connectivity index (χ1v) is 9.50. The lowest BCUT2D eigenvalue weighted by molar-refractivity contribution is 0.0950. The number of aromatic nitrogens is 2. The maximum absolute atomic E-state index is 13.0. The first-order chi connectivity index (χ1) is 13.1. The maximum Gasteiger partial charge on any atom is 0.298 e. The molecule has 4 rings (SSSR count). The smallest absolute Gasteiger partial charge is 0.298 e. The molecule has 0 radical (unpaired) electrons. The van der Waals surface area contributed by atoms with Crippen LogP contribution in [0.5, 0.6) is 10.9 Å². The van der Waals surface area contributed by atoms with Crippen LogP contribution in [0.3, 0.4) is 0 Å². The van der Waals surface area contributed by atoms with Gasteiger partial charge >= 0.3 is 0 Å². The van der Waals surface area contributed by atoms with Crippen molar-refractivity contribution in [2.45, 2.75) is 32.2 Å². The zero-order chi connectivity index (χ0) is 18.8.